The molecule has 0 aromatic carbocycles. The first kappa shape index (κ1) is 12.5. The molecule has 1 aliphatic heterocycles. The van der Waals surface area contributed by atoms with Crippen LogP contribution < -0.4 is 0 Å². The number of hydrogen-bond donors (Lipinski definition) is 1. The molecule has 0 spiro atoms. The molecule has 1 saturated heterocycles. The summed E-state index contributed by atoms with van der Waals surface area (Å²) >= 11 is 1.41. The lowest BCUT2D eigenvalue weighted by atomic mass is 10.1. The highest BCUT2D eigenvalue weighted by atomic mass is 32.2. The van der Waals surface area contributed by atoms with Crippen molar-refractivity contribution < 1.29 is 18.3 Å². The van der Waals surface area contributed by atoms with E-state index in [0.29, 0.717) is 18.5 Å². The van der Waals surface area contributed by atoms with Crippen LogP contribution in [-0.4, -0.2) is 36.0 Å². The minimum atomic E-state index is -2.85. The predicted molar refractivity (Wildman–Crippen MR) is 63.9 cm³/mol. The molecule has 7 heteroatoms. The number of aromatic nitrogens is 1. The molecule has 0 radical (unpaired) electrons. The van der Waals surface area contributed by atoms with Crippen molar-refractivity contribution in [2.24, 2.45) is 5.92 Å². The summed E-state index contributed by atoms with van der Waals surface area (Å²) in [5, 5.41) is 11.2. The topological polar surface area (TPSA) is 84.3 Å². The number of nitrogens with zero attached hydrogens (tertiary/aromatic N) is 1. The third-order valence-electron chi connectivity index (χ3n) is 2.72. The molecule has 17 heavy (non-hydrogen) atoms. The zero-order valence-electron chi connectivity index (χ0n) is 9.13. The molecule has 0 bridgehead atoms. The SMILES string of the molecule is O=C(O)Cc1csc(CC2CCS(=O)(=O)C2)n1. The highest BCUT2D eigenvalue weighted by molar-refractivity contribution is 7.91. The first-order valence-corrected chi connectivity index (χ1v) is 8.00. The Balaban J connectivity index is 1.96. The number of rotatable bonds is 4. The zero-order chi connectivity index (χ0) is 12.5. The van der Waals surface area contributed by atoms with Crippen molar-refractivity contribution in [3.63, 3.8) is 0 Å². The molecule has 2 rings (SSSR count). The van der Waals surface area contributed by atoms with Gasteiger partial charge in [0, 0.05) is 11.8 Å². The van der Waals surface area contributed by atoms with Crippen LogP contribution in [0.25, 0.3) is 0 Å². The van der Waals surface area contributed by atoms with Gasteiger partial charge < -0.3 is 5.11 Å². The molecular weight excluding hydrogens is 262 g/mol. The van der Waals surface area contributed by atoms with Gasteiger partial charge in [-0.05, 0) is 12.3 Å². The molecule has 5 nitrogen and oxygen atoms in total. The molecule has 0 saturated carbocycles. The van der Waals surface area contributed by atoms with Gasteiger partial charge in [0.05, 0.1) is 28.6 Å². The molecule has 1 N–H and O–H groups in total. The van der Waals surface area contributed by atoms with Crippen LogP contribution >= 0.6 is 11.3 Å². The van der Waals surface area contributed by atoms with E-state index >= 15 is 0 Å². The largest absolute Gasteiger partial charge is 0.481 e. The summed E-state index contributed by atoms with van der Waals surface area (Å²) in [6, 6.07) is 0. The number of carboxylic acids is 1. The Morgan fingerprint density at radius 1 is 1.59 bits per heavy atom. The normalized spacial score (nSPS) is 22.7. The fourth-order valence-electron chi connectivity index (χ4n) is 1.96. The molecule has 1 unspecified atom stereocenters. The second-order valence-electron chi connectivity index (χ2n) is 4.28. The van der Waals surface area contributed by atoms with Crippen molar-refractivity contribution in [3.05, 3.63) is 16.1 Å². The number of carboxylic acid groups (broad SMARTS) is 1. The van der Waals surface area contributed by atoms with Gasteiger partial charge in [0.2, 0.25) is 0 Å². The van der Waals surface area contributed by atoms with E-state index in [-0.39, 0.29) is 23.8 Å². The van der Waals surface area contributed by atoms with E-state index in [1.54, 1.807) is 5.38 Å². The van der Waals surface area contributed by atoms with Crippen LogP contribution in [0.3, 0.4) is 0 Å². The maximum absolute atomic E-state index is 11.3. The van der Waals surface area contributed by atoms with E-state index in [1.165, 1.54) is 11.3 Å². The maximum atomic E-state index is 11.3. The summed E-state index contributed by atoms with van der Waals surface area (Å²) in [5.74, 6) is -0.250. The molecule has 1 aliphatic rings. The van der Waals surface area contributed by atoms with Crippen molar-refractivity contribution >= 4 is 27.1 Å². The fourth-order valence-corrected chi connectivity index (χ4v) is 4.73. The number of aliphatic carboxylic acids is 1. The van der Waals surface area contributed by atoms with E-state index in [2.05, 4.69) is 4.98 Å². The van der Waals surface area contributed by atoms with E-state index in [4.69, 9.17) is 5.11 Å². The number of hydrogen-bond acceptors (Lipinski definition) is 5. The van der Waals surface area contributed by atoms with Crippen LogP contribution in [0.4, 0.5) is 0 Å². The lowest BCUT2D eigenvalue weighted by Gasteiger charge is -2.03. The Morgan fingerprint density at radius 3 is 2.94 bits per heavy atom. The summed E-state index contributed by atoms with van der Waals surface area (Å²) in [7, 11) is -2.85. The number of thiazole rings is 1. The van der Waals surface area contributed by atoms with E-state index in [0.717, 1.165) is 5.01 Å². The Kier molecular flexibility index (Phi) is 3.48. The Bertz CT molecular complexity index is 520. The highest BCUT2D eigenvalue weighted by Gasteiger charge is 2.28. The zero-order valence-corrected chi connectivity index (χ0v) is 10.8. The molecule has 2 heterocycles. The van der Waals surface area contributed by atoms with Crippen LogP contribution in [0.1, 0.15) is 17.1 Å². The van der Waals surface area contributed by atoms with Gasteiger partial charge in [0.15, 0.2) is 9.84 Å². The lowest BCUT2D eigenvalue weighted by Crippen LogP contribution is -2.07. The smallest absolute Gasteiger partial charge is 0.309 e. The molecule has 0 amide bonds. The minimum Gasteiger partial charge on any atom is -0.481 e. The van der Waals surface area contributed by atoms with Crippen LogP contribution in [0.5, 0.6) is 0 Å². The fraction of sp³-hybridized carbons (Fsp3) is 0.600. The van der Waals surface area contributed by atoms with Gasteiger partial charge in [-0.2, -0.15) is 0 Å². The van der Waals surface area contributed by atoms with Gasteiger partial charge in [-0.1, -0.05) is 0 Å². The quantitative estimate of drug-likeness (QED) is 0.876. The van der Waals surface area contributed by atoms with Gasteiger partial charge >= 0.3 is 5.97 Å². The van der Waals surface area contributed by atoms with Gasteiger partial charge in [0.1, 0.15) is 0 Å². The molecule has 1 atom stereocenters. The Morgan fingerprint density at radius 2 is 2.35 bits per heavy atom. The summed E-state index contributed by atoms with van der Waals surface area (Å²) < 4.78 is 22.6. The Labute approximate surface area is 103 Å². The van der Waals surface area contributed by atoms with E-state index in [1.807, 2.05) is 0 Å². The van der Waals surface area contributed by atoms with Crippen molar-refractivity contribution in [1.82, 2.24) is 4.98 Å². The van der Waals surface area contributed by atoms with Crippen molar-refractivity contribution in [2.45, 2.75) is 19.3 Å². The van der Waals surface area contributed by atoms with E-state index < -0.39 is 15.8 Å². The molecular formula is C10H13NO4S2. The first-order valence-electron chi connectivity index (χ1n) is 5.30. The van der Waals surface area contributed by atoms with Crippen molar-refractivity contribution in [1.29, 1.82) is 0 Å². The van der Waals surface area contributed by atoms with Crippen LogP contribution in [0.2, 0.25) is 0 Å². The molecule has 1 aromatic heterocycles. The molecule has 1 aromatic rings. The summed E-state index contributed by atoms with van der Waals surface area (Å²) in [6.07, 6.45) is 1.26. The van der Waals surface area contributed by atoms with Crippen LogP contribution in [0.15, 0.2) is 5.38 Å². The number of carbonyl (C=O) groups is 1. The second-order valence-corrected chi connectivity index (χ2v) is 7.45. The summed E-state index contributed by atoms with van der Waals surface area (Å²) in [5.41, 5.74) is 0.554. The van der Waals surface area contributed by atoms with Crippen molar-refractivity contribution in [3.8, 4) is 0 Å². The van der Waals surface area contributed by atoms with Gasteiger partial charge in [0.25, 0.3) is 0 Å². The minimum absolute atomic E-state index is 0.0700. The Hall–Kier alpha value is -0.950. The standard InChI is InChI=1S/C10H13NO4S2/c12-10(13)4-8-5-16-9(11-8)3-7-1-2-17(14,15)6-7/h5,7H,1-4,6H2,(H,12,13). The van der Waals surface area contributed by atoms with Gasteiger partial charge in [-0.15, -0.1) is 11.3 Å². The average molecular weight is 275 g/mol. The molecule has 94 valence electrons. The molecule has 0 aliphatic carbocycles. The second kappa shape index (κ2) is 4.73. The monoisotopic (exact) mass is 275 g/mol. The predicted octanol–water partition coefficient (Wildman–Crippen LogP) is 0.747. The van der Waals surface area contributed by atoms with Gasteiger partial charge in [-0.3, -0.25) is 4.79 Å². The van der Waals surface area contributed by atoms with Gasteiger partial charge in [-0.25, -0.2) is 13.4 Å². The highest BCUT2D eigenvalue weighted by Crippen LogP contribution is 2.24. The van der Waals surface area contributed by atoms with Crippen LogP contribution in [0, 0.1) is 5.92 Å². The third kappa shape index (κ3) is 3.50. The third-order valence-corrected chi connectivity index (χ3v) is 5.48. The number of sulfone groups is 1. The summed E-state index contributed by atoms with van der Waals surface area (Å²) in [6.45, 7) is 0. The maximum Gasteiger partial charge on any atom is 0.309 e. The molecule has 1 fully saturated rings. The van der Waals surface area contributed by atoms with E-state index in [9.17, 15) is 13.2 Å². The van der Waals surface area contributed by atoms with Crippen LogP contribution in [-0.2, 0) is 27.5 Å². The average Bonchev–Trinajstić information content (AvgIpc) is 2.73. The summed E-state index contributed by atoms with van der Waals surface area (Å²) in [4.78, 5) is 14.7. The first-order chi connectivity index (χ1) is 7.94. The van der Waals surface area contributed by atoms with Crippen molar-refractivity contribution in [2.75, 3.05) is 11.5 Å². The lowest BCUT2D eigenvalue weighted by molar-refractivity contribution is -0.136.